The normalized spacial score (nSPS) is 11.7. The lowest BCUT2D eigenvalue weighted by atomic mass is 9.96. The summed E-state index contributed by atoms with van der Waals surface area (Å²) in [6.45, 7) is 0. The minimum atomic E-state index is 0.835. The third-order valence-electron chi connectivity index (χ3n) is 11.9. The lowest BCUT2D eigenvalue weighted by Gasteiger charge is -2.27. The predicted molar refractivity (Wildman–Crippen MR) is 247 cm³/mol. The average molecular weight is 754 g/mol. The van der Waals surface area contributed by atoms with Crippen LogP contribution in [-0.4, -0.2) is 0 Å². The molecule has 2 heterocycles. The summed E-state index contributed by atoms with van der Waals surface area (Å²) in [4.78, 5) is 2.39. The third-order valence-corrected chi connectivity index (χ3v) is 11.9. The van der Waals surface area contributed by atoms with Crippen LogP contribution in [0.4, 0.5) is 17.1 Å². The zero-order valence-corrected chi connectivity index (χ0v) is 32.0. The van der Waals surface area contributed by atoms with Gasteiger partial charge < -0.3 is 13.7 Å². The molecule has 0 aliphatic rings. The van der Waals surface area contributed by atoms with Crippen molar-refractivity contribution >= 4 is 82.5 Å². The number of anilines is 3. The van der Waals surface area contributed by atoms with E-state index < -0.39 is 0 Å². The molecule has 0 amide bonds. The van der Waals surface area contributed by atoms with Gasteiger partial charge in [-0.1, -0.05) is 152 Å². The fraction of sp³-hybridized carbons (Fsp3) is 0. The Morgan fingerprint density at radius 2 is 0.898 bits per heavy atom. The summed E-state index contributed by atoms with van der Waals surface area (Å²) in [5.74, 6) is 0. The molecule has 12 rings (SSSR count). The van der Waals surface area contributed by atoms with E-state index in [2.05, 4.69) is 205 Å². The van der Waals surface area contributed by atoms with Crippen LogP contribution in [-0.2, 0) is 0 Å². The molecule has 0 unspecified atom stereocenters. The summed E-state index contributed by atoms with van der Waals surface area (Å²) in [5, 5.41) is 9.25. The smallest absolute Gasteiger partial charge is 0.145 e. The second-order valence-corrected chi connectivity index (χ2v) is 15.2. The van der Waals surface area contributed by atoms with Crippen molar-refractivity contribution in [3.63, 3.8) is 0 Å². The average Bonchev–Trinajstić information content (AvgIpc) is 3.89. The van der Waals surface area contributed by atoms with Crippen LogP contribution in [0.15, 0.2) is 221 Å². The van der Waals surface area contributed by atoms with Gasteiger partial charge >= 0.3 is 0 Å². The molecule has 0 atom stereocenters. The molecule has 0 aliphatic heterocycles. The standard InChI is InChI=1S/C56H35NO2/c1-3-12-36(13-4-1)42-28-31-47-53(35-42)58-52-21-11-19-49(54(47)52)57(50-33-32-45(38-14-5-2-6-15-38)56-55(50)46-18-9-10-20-51(46)59-56)43-29-26-37(27-30-43)41-25-24-40-23-22-39-16-7-8-17-44(39)48(40)34-41/h1-35H. The maximum absolute atomic E-state index is 6.80. The Kier molecular flexibility index (Phi) is 7.54. The maximum Gasteiger partial charge on any atom is 0.145 e. The van der Waals surface area contributed by atoms with Gasteiger partial charge in [0.05, 0.1) is 22.1 Å². The molecule has 0 saturated heterocycles. The van der Waals surface area contributed by atoms with Crippen molar-refractivity contribution in [2.24, 2.45) is 0 Å². The third kappa shape index (κ3) is 5.44. The Bertz CT molecular complexity index is 3540. The van der Waals surface area contributed by atoms with Gasteiger partial charge in [0.2, 0.25) is 0 Å². The molecule has 0 bridgehead atoms. The van der Waals surface area contributed by atoms with Gasteiger partial charge in [0.1, 0.15) is 22.3 Å². The second kappa shape index (κ2) is 13.4. The molecule has 0 aliphatic carbocycles. The van der Waals surface area contributed by atoms with E-state index in [-0.39, 0.29) is 0 Å². The number of hydrogen-bond donors (Lipinski definition) is 0. The van der Waals surface area contributed by atoms with E-state index in [9.17, 15) is 0 Å². The van der Waals surface area contributed by atoms with Crippen molar-refractivity contribution in [3.05, 3.63) is 212 Å². The molecule has 0 fully saturated rings. The van der Waals surface area contributed by atoms with Crippen LogP contribution in [0.2, 0.25) is 0 Å². The Balaban J connectivity index is 1.09. The fourth-order valence-electron chi connectivity index (χ4n) is 9.04. The Hall–Kier alpha value is -7.88. The largest absolute Gasteiger partial charge is 0.456 e. The van der Waals surface area contributed by atoms with Gasteiger partial charge in [0.25, 0.3) is 0 Å². The highest BCUT2D eigenvalue weighted by atomic mass is 16.3. The van der Waals surface area contributed by atoms with E-state index in [1.165, 1.54) is 27.1 Å². The van der Waals surface area contributed by atoms with Crippen LogP contribution >= 0.6 is 0 Å². The van der Waals surface area contributed by atoms with Crippen LogP contribution in [0.5, 0.6) is 0 Å². The Morgan fingerprint density at radius 1 is 0.305 bits per heavy atom. The fourth-order valence-corrected chi connectivity index (χ4v) is 9.04. The van der Waals surface area contributed by atoms with Gasteiger partial charge in [0, 0.05) is 22.0 Å². The van der Waals surface area contributed by atoms with Gasteiger partial charge in [-0.15, -0.1) is 0 Å². The number of furan rings is 2. The molecule has 0 spiro atoms. The second-order valence-electron chi connectivity index (χ2n) is 15.2. The van der Waals surface area contributed by atoms with E-state index in [1.54, 1.807) is 0 Å². The van der Waals surface area contributed by atoms with Gasteiger partial charge in [-0.25, -0.2) is 0 Å². The van der Waals surface area contributed by atoms with Crippen LogP contribution in [0.3, 0.4) is 0 Å². The molecule has 0 radical (unpaired) electrons. The molecule has 59 heavy (non-hydrogen) atoms. The van der Waals surface area contributed by atoms with Crippen LogP contribution in [0.1, 0.15) is 0 Å². The number of para-hydroxylation sites is 1. The Labute approximate surface area is 340 Å². The number of hydrogen-bond acceptors (Lipinski definition) is 3. The van der Waals surface area contributed by atoms with Gasteiger partial charge in [-0.2, -0.15) is 0 Å². The summed E-state index contributed by atoms with van der Waals surface area (Å²) in [7, 11) is 0. The van der Waals surface area contributed by atoms with Crippen LogP contribution < -0.4 is 4.90 Å². The number of nitrogens with zero attached hydrogens (tertiary/aromatic N) is 1. The quantitative estimate of drug-likeness (QED) is 0.158. The van der Waals surface area contributed by atoms with Gasteiger partial charge in [0.15, 0.2) is 0 Å². The van der Waals surface area contributed by atoms with E-state index in [1.807, 2.05) is 12.1 Å². The number of rotatable bonds is 6. The van der Waals surface area contributed by atoms with Crippen LogP contribution in [0.25, 0.3) is 98.8 Å². The molecule has 276 valence electrons. The first-order valence-electron chi connectivity index (χ1n) is 20.1. The predicted octanol–water partition coefficient (Wildman–Crippen LogP) is 16.3. The summed E-state index contributed by atoms with van der Waals surface area (Å²) in [5.41, 5.74) is 13.3. The van der Waals surface area contributed by atoms with Crippen molar-refractivity contribution < 1.29 is 8.83 Å². The van der Waals surface area contributed by atoms with Crippen molar-refractivity contribution in [1.29, 1.82) is 0 Å². The molecule has 2 aromatic heterocycles. The highest BCUT2D eigenvalue weighted by molar-refractivity contribution is 6.20. The molecular formula is C56H35NO2. The lowest BCUT2D eigenvalue weighted by Crippen LogP contribution is -2.11. The highest BCUT2D eigenvalue weighted by Crippen LogP contribution is 2.49. The number of benzene rings is 10. The summed E-state index contributed by atoms with van der Waals surface area (Å²) in [6, 6.07) is 75.6. The first-order chi connectivity index (χ1) is 29.2. The molecule has 12 aromatic rings. The molecule has 3 nitrogen and oxygen atoms in total. The van der Waals surface area contributed by atoms with Crippen molar-refractivity contribution in [1.82, 2.24) is 0 Å². The first-order valence-corrected chi connectivity index (χ1v) is 20.1. The van der Waals surface area contributed by atoms with Gasteiger partial charge in [-0.3, -0.25) is 0 Å². The van der Waals surface area contributed by atoms with E-state index in [4.69, 9.17) is 8.83 Å². The molecule has 0 saturated carbocycles. The monoisotopic (exact) mass is 753 g/mol. The summed E-state index contributed by atoms with van der Waals surface area (Å²) >= 11 is 0. The summed E-state index contributed by atoms with van der Waals surface area (Å²) in [6.07, 6.45) is 0. The minimum absolute atomic E-state index is 0.835. The van der Waals surface area contributed by atoms with Gasteiger partial charge in [-0.05, 0) is 110 Å². The SMILES string of the molecule is c1ccc(-c2ccc3c(c2)oc2cccc(N(c4ccc(-c5ccc6ccc7ccccc7c6c5)cc4)c4ccc(-c5ccccc5)c5oc6ccccc6c45)c23)cc1. The topological polar surface area (TPSA) is 29.5 Å². The van der Waals surface area contributed by atoms with Crippen molar-refractivity contribution in [2.75, 3.05) is 4.90 Å². The van der Waals surface area contributed by atoms with Crippen molar-refractivity contribution in [3.8, 4) is 33.4 Å². The van der Waals surface area contributed by atoms with E-state index in [0.717, 1.165) is 88.8 Å². The maximum atomic E-state index is 6.80. The minimum Gasteiger partial charge on any atom is -0.456 e. The molecule has 3 heteroatoms. The van der Waals surface area contributed by atoms with Crippen LogP contribution in [0, 0.1) is 0 Å². The molecule has 0 N–H and O–H groups in total. The van der Waals surface area contributed by atoms with E-state index >= 15 is 0 Å². The highest BCUT2D eigenvalue weighted by Gasteiger charge is 2.25. The first kappa shape index (κ1) is 33.3. The van der Waals surface area contributed by atoms with E-state index in [0.29, 0.717) is 0 Å². The lowest BCUT2D eigenvalue weighted by molar-refractivity contribution is 0.669. The molecule has 10 aromatic carbocycles. The Morgan fingerprint density at radius 3 is 1.73 bits per heavy atom. The zero-order valence-electron chi connectivity index (χ0n) is 32.0. The molecular weight excluding hydrogens is 719 g/mol. The number of fused-ring (bicyclic) bond motifs is 9. The zero-order chi connectivity index (χ0) is 38.9. The summed E-state index contributed by atoms with van der Waals surface area (Å²) < 4.78 is 13.5. The van der Waals surface area contributed by atoms with Crippen molar-refractivity contribution in [2.45, 2.75) is 0 Å².